The lowest BCUT2D eigenvalue weighted by Gasteiger charge is -2.22. The molecule has 2 amide bonds. The predicted octanol–water partition coefficient (Wildman–Crippen LogP) is 6.50. The van der Waals surface area contributed by atoms with Crippen molar-refractivity contribution < 1.29 is 14.3 Å². The van der Waals surface area contributed by atoms with Gasteiger partial charge in [0.25, 0.3) is 11.8 Å². The lowest BCUT2D eigenvalue weighted by Crippen LogP contribution is -2.28. The second-order valence-corrected chi connectivity index (χ2v) is 12.8. The molecule has 6 rings (SSSR count). The molecule has 0 bridgehead atoms. The number of carbonyl (C=O) groups excluding carboxylic acids is 2. The van der Waals surface area contributed by atoms with E-state index in [4.69, 9.17) is 9.84 Å². The lowest BCUT2D eigenvalue weighted by molar-refractivity contribution is -0.130. The summed E-state index contributed by atoms with van der Waals surface area (Å²) >= 11 is 4.29. The van der Waals surface area contributed by atoms with Gasteiger partial charge in [0.15, 0.2) is 11.0 Å². The summed E-state index contributed by atoms with van der Waals surface area (Å²) in [5, 5.41) is 22.6. The molecule has 0 radical (unpaired) electrons. The molecule has 1 atom stereocenters. The van der Waals surface area contributed by atoms with E-state index in [2.05, 4.69) is 39.8 Å². The van der Waals surface area contributed by atoms with Crippen molar-refractivity contribution in [3.05, 3.63) is 110 Å². The number of ether oxygens (including phenoxy) is 1. The number of hydrogen-bond acceptors (Lipinski definition) is 9. The van der Waals surface area contributed by atoms with Gasteiger partial charge in [-0.2, -0.15) is 5.10 Å². The summed E-state index contributed by atoms with van der Waals surface area (Å²) in [5.41, 5.74) is 3.91. The average Bonchev–Trinajstić information content (AvgIpc) is 3.86. The Kier molecular flexibility index (Phi) is 9.20. The van der Waals surface area contributed by atoms with Crippen LogP contribution in [-0.4, -0.2) is 49.7 Å². The van der Waals surface area contributed by atoms with Gasteiger partial charge in [0.1, 0.15) is 5.75 Å². The average molecular weight is 643 g/mol. The van der Waals surface area contributed by atoms with Gasteiger partial charge in [-0.25, -0.2) is 5.01 Å². The molecule has 1 aliphatic heterocycles. The first-order valence-corrected chi connectivity index (χ1v) is 16.9. The molecule has 1 aliphatic rings. The first kappa shape index (κ1) is 29.8. The SMILES string of the molecule is CCOc1ccc(-n2c(CNC(=O)c3cccs3)nnc2SCC(=O)N2N=C(c3cccs3)C[C@@H]2c2ccc(C)cc2)cc1. The van der Waals surface area contributed by atoms with Crippen LogP contribution in [0.4, 0.5) is 0 Å². The molecule has 3 aromatic heterocycles. The van der Waals surface area contributed by atoms with E-state index in [0.717, 1.165) is 33.2 Å². The van der Waals surface area contributed by atoms with Crippen molar-refractivity contribution in [3.8, 4) is 11.4 Å². The van der Waals surface area contributed by atoms with E-state index >= 15 is 0 Å². The van der Waals surface area contributed by atoms with Gasteiger partial charge in [0.2, 0.25) is 0 Å². The molecule has 224 valence electrons. The van der Waals surface area contributed by atoms with Crippen molar-refractivity contribution in [1.29, 1.82) is 0 Å². The molecule has 12 heteroatoms. The minimum atomic E-state index is -0.187. The highest BCUT2D eigenvalue weighted by Crippen LogP contribution is 2.35. The van der Waals surface area contributed by atoms with Crippen molar-refractivity contribution in [2.24, 2.45) is 5.10 Å². The molecule has 0 aliphatic carbocycles. The van der Waals surface area contributed by atoms with Crippen molar-refractivity contribution >= 4 is 52.0 Å². The van der Waals surface area contributed by atoms with Gasteiger partial charge in [0.05, 0.1) is 40.4 Å². The lowest BCUT2D eigenvalue weighted by atomic mass is 10.00. The summed E-state index contributed by atoms with van der Waals surface area (Å²) in [7, 11) is 0. The smallest absolute Gasteiger partial charge is 0.261 e. The summed E-state index contributed by atoms with van der Waals surface area (Å²) in [5.74, 6) is 1.10. The number of nitrogens with one attached hydrogen (secondary N) is 1. The highest BCUT2D eigenvalue weighted by Gasteiger charge is 2.33. The standard InChI is InChI=1S/C32H30N6O3S3/c1-3-41-24-14-12-23(13-15-24)37-29(19-33-31(40)28-7-5-17-43-28)34-35-32(37)44-20-30(39)38-26(22-10-8-21(2)9-11-22)18-25(36-38)27-6-4-16-42-27/h4-17,26H,3,18-20H2,1-2H3,(H,33,40)/t26-/m1/s1. The third kappa shape index (κ3) is 6.62. The third-order valence-electron chi connectivity index (χ3n) is 7.02. The third-order valence-corrected chi connectivity index (χ3v) is 9.72. The van der Waals surface area contributed by atoms with Crippen molar-refractivity contribution in [1.82, 2.24) is 25.1 Å². The monoisotopic (exact) mass is 642 g/mol. The maximum absolute atomic E-state index is 13.8. The van der Waals surface area contributed by atoms with E-state index < -0.39 is 0 Å². The number of hydrazone groups is 1. The van der Waals surface area contributed by atoms with Crippen LogP contribution in [0.3, 0.4) is 0 Å². The molecule has 0 saturated heterocycles. The minimum Gasteiger partial charge on any atom is -0.494 e. The molecular formula is C32H30N6O3S3. The summed E-state index contributed by atoms with van der Waals surface area (Å²) in [6.07, 6.45) is 0.649. The molecule has 0 saturated carbocycles. The van der Waals surface area contributed by atoms with Gasteiger partial charge in [-0.3, -0.25) is 14.2 Å². The molecule has 0 fully saturated rings. The van der Waals surface area contributed by atoms with E-state index in [1.165, 1.54) is 23.1 Å². The van der Waals surface area contributed by atoms with Crippen LogP contribution in [0.25, 0.3) is 5.69 Å². The van der Waals surface area contributed by atoms with Gasteiger partial charge in [-0.05, 0) is 66.6 Å². The molecule has 9 nitrogen and oxygen atoms in total. The highest BCUT2D eigenvalue weighted by molar-refractivity contribution is 7.99. The largest absolute Gasteiger partial charge is 0.494 e. The van der Waals surface area contributed by atoms with Crippen LogP contribution in [-0.2, 0) is 11.3 Å². The van der Waals surface area contributed by atoms with Crippen LogP contribution in [0.2, 0.25) is 0 Å². The predicted molar refractivity (Wildman–Crippen MR) is 175 cm³/mol. The molecule has 0 spiro atoms. The number of benzene rings is 2. The van der Waals surface area contributed by atoms with Gasteiger partial charge in [-0.1, -0.05) is 53.7 Å². The van der Waals surface area contributed by atoms with Crippen molar-refractivity contribution in [2.45, 2.75) is 38.0 Å². The Balaban J connectivity index is 1.24. The Hall–Kier alpha value is -4.26. The maximum atomic E-state index is 13.8. The number of amides is 2. The van der Waals surface area contributed by atoms with Crippen LogP contribution in [0.15, 0.2) is 93.8 Å². The number of carbonyl (C=O) groups is 2. The second kappa shape index (κ2) is 13.6. The number of thiophene rings is 2. The number of rotatable bonds is 11. The van der Waals surface area contributed by atoms with Crippen LogP contribution >= 0.6 is 34.4 Å². The normalized spacial score (nSPS) is 14.5. The number of aromatic nitrogens is 3. The topological polar surface area (TPSA) is 102 Å². The van der Waals surface area contributed by atoms with Gasteiger partial charge < -0.3 is 10.1 Å². The maximum Gasteiger partial charge on any atom is 0.261 e. The fraction of sp³-hybridized carbons (Fsp3) is 0.219. The zero-order valence-corrected chi connectivity index (χ0v) is 26.6. The van der Waals surface area contributed by atoms with E-state index in [1.54, 1.807) is 22.4 Å². The number of hydrogen-bond donors (Lipinski definition) is 1. The minimum absolute atomic E-state index is 0.111. The zero-order chi connectivity index (χ0) is 30.5. The molecular weight excluding hydrogens is 613 g/mol. The Morgan fingerprint density at radius 3 is 2.48 bits per heavy atom. The Labute approximate surface area is 267 Å². The molecule has 2 aromatic carbocycles. The van der Waals surface area contributed by atoms with Crippen LogP contribution in [0.1, 0.15) is 50.9 Å². The highest BCUT2D eigenvalue weighted by atomic mass is 32.2. The number of thioether (sulfide) groups is 1. The number of nitrogens with zero attached hydrogens (tertiary/aromatic N) is 5. The fourth-order valence-electron chi connectivity index (χ4n) is 4.85. The second-order valence-electron chi connectivity index (χ2n) is 10.0. The summed E-state index contributed by atoms with van der Waals surface area (Å²) in [6.45, 7) is 4.71. The fourth-order valence-corrected chi connectivity index (χ4v) is 7.04. The Morgan fingerprint density at radius 1 is 1.00 bits per heavy atom. The molecule has 0 unspecified atom stereocenters. The van der Waals surface area contributed by atoms with Gasteiger partial charge in [-0.15, -0.1) is 32.9 Å². The van der Waals surface area contributed by atoms with Crippen LogP contribution in [0.5, 0.6) is 5.75 Å². The van der Waals surface area contributed by atoms with E-state index in [1.807, 2.05) is 71.6 Å². The summed E-state index contributed by atoms with van der Waals surface area (Å²) in [4.78, 5) is 28.1. The quantitative estimate of drug-likeness (QED) is 0.165. The summed E-state index contributed by atoms with van der Waals surface area (Å²) < 4.78 is 7.49. The Morgan fingerprint density at radius 2 is 1.77 bits per heavy atom. The molecule has 1 N–H and O–H groups in total. The number of aryl methyl sites for hydroxylation is 1. The van der Waals surface area contributed by atoms with Crippen LogP contribution < -0.4 is 10.1 Å². The summed E-state index contributed by atoms with van der Waals surface area (Å²) in [6, 6.07) is 23.3. The van der Waals surface area contributed by atoms with Crippen molar-refractivity contribution in [3.63, 3.8) is 0 Å². The van der Waals surface area contributed by atoms with E-state index in [9.17, 15) is 9.59 Å². The van der Waals surface area contributed by atoms with Gasteiger partial charge in [0, 0.05) is 12.1 Å². The first-order chi connectivity index (χ1) is 21.5. The first-order valence-electron chi connectivity index (χ1n) is 14.1. The van der Waals surface area contributed by atoms with Gasteiger partial charge >= 0.3 is 0 Å². The zero-order valence-electron chi connectivity index (χ0n) is 24.2. The Bertz CT molecular complexity index is 1750. The van der Waals surface area contributed by atoms with E-state index in [0.29, 0.717) is 28.9 Å². The molecule has 5 aromatic rings. The van der Waals surface area contributed by atoms with E-state index in [-0.39, 0.29) is 30.2 Å². The van der Waals surface area contributed by atoms with Crippen LogP contribution in [0, 0.1) is 6.92 Å². The molecule has 4 heterocycles. The van der Waals surface area contributed by atoms with Crippen molar-refractivity contribution in [2.75, 3.05) is 12.4 Å². The molecule has 44 heavy (non-hydrogen) atoms.